The molecule has 0 aliphatic heterocycles. The van der Waals surface area contributed by atoms with E-state index in [4.69, 9.17) is 19.3 Å². The van der Waals surface area contributed by atoms with E-state index in [0.29, 0.717) is 11.1 Å². The van der Waals surface area contributed by atoms with Gasteiger partial charge in [-0.25, -0.2) is 9.59 Å². The Bertz CT molecular complexity index is 1130. The molecule has 0 unspecified atom stereocenters. The lowest BCUT2D eigenvalue weighted by Crippen LogP contribution is -2.24. The monoisotopic (exact) mass is 528 g/mol. The Balaban J connectivity index is 0.000000389. The summed E-state index contributed by atoms with van der Waals surface area (Å²) >= 11 is 0. The fourth-order valence-corrected chi connectivity index (χ4v) is 3.32. The predicted octanol–water partition coefficient (Wildman–Crippen LogP) is 5.74. The number of aryl methyl sites for hydroxylation is 4. The number of carbonyl (C=O) groups excluding carboxylic acids is 3. The maximum atomic E-state index is 12.0. The first-order chi connectivity index (χ1) is 17.5. The van der Waals surface area contributed by atoms with Gasteiger partial charge in [0.05, 0.1) is 24.0 Å². The number of carboxylic acids is 1. The molecule has 0 saturated heterocycles. The Morgan fingerprint density at radius 2 is 1.00 bits per heavy atom. The molecule has 0 amide bonds. The van der Waals surface area contributed by atoms with Crippen molar-refractivity contribution in [2.75, 3.05) is 13.2 Å². The van der Waals surface area contributed by atoms with E-state index in [0.717, 1.165) is 27.8 Å². The van der Waals surface area contributed by atoms with E-state index in [1.54, 1.807) is 45.0 Å². The summed E-state index contributed by atoms with van der Waals surface area (Å²) in [6.07, 6.45) is -0.109. The molecule has 208 valence electrons. The molecule has 0 fully saturated rings. The Morgan fingerprint density at radius 3 is 1.32 bits per heavy atom. The summed E-state index contributed by atoms with van der Waals surface area (Å²) in [5.74, 6) is -2.23. The Morgan fingerprint density at radius 1 is 0.658 bits per heavy atom. The number of hydrogen-bond acceptors (Lipinski definition) is 7. The van der Waals surface area contributed by atoms with Crippen molar-refractivity contribution >= 4 is 23.9 Å². The number of carboxylic acid groups (broad SMARTS) is 1. The molecule has 38 heavy (non-hydrogen) atoms. The molecule has 1 N–H and O–H groups in total. The van der Waals surface area contributed by atoms with Crippen molar-refractivity contribution in [2.45, 2.75) is 80.8 Å². The van der Waals surface area contributed by atoms with Gasteiger partial charge in [0.25, 0.3) is 0 Å². The fraction of sp³-hybridized carbons (Fsp3) is 0.467. The van der Waals surface area contributed by atoms with E-state index >= 15 is 0 Å². The first-order valence-electron chi connectivity index (χ1n) is 12.5. The van der Waals surface area contributed by atoms with E-state index < -0.39 is 23.5 Å². The highest BCUT2D eigenvalue weighted by Crippen LogP contribution is 2.17. The summed E-state index contributed by atoms with van der Waals surface area (Å²) < 4.78 is 15.1. The molecule has 0 atom stereocenters. The third kappa shape index (κ3) is 11.2. The molecule has 2 aromatic carbocycles. The largest absolute Gasteiger partial charge is 0.481 e. The van der Waals surface area contributed by atoms with E-state index in [1.807, 2.05) is 41.5 Å². The van der Waals surface area contributed by atoms with Crippen molar-refractivity contribution in [3.05, 3.63) is 68.8 Å². The normalized spacial score (nSPS) is 10.7. The average Bonchev–Trinajstić information content (AvgIpc) is 2.79. The van der Waals surface area contributed by atoms with Crippen molar-refractivity contribution in [1.82, 2.24) is 0 Å². The first-order valence-corrected chi connectivity index (χ1v) is 12.5. The van der Waals surface area contributed by atoms with Crippen LogP contribution < -0.4 is 0 Å². The van der Waals surface area contributed by atoms with Crippen LogP contribution in [0.1, 0.15) is 87.7 Å². The van der Waals surface area contributed by atoms with Crippen LogP contribution in [-0.4, -0.2) is 47.8 Å². The van der Waals surface area contributed by atoms with Gasteiger partial charge >= 0.3 is 23.9 Å². The lowest BCUT2D eigenvalue weighted by atomic mass is 10.0. The summed E-state index contributed by atoms with van der Waals surface area (Å²) in [5, 5.41) is 8.43. The van der Waals surface area contributed by atoms with E-state index in [9.17, 15) is 19.2 Å². The van der Waals surface area contributed by atoms with E-state index in [2.05, 4.69) is 0 Å². The van der Waals surface area contributed by atoms with E-state index in [1.165, 1.54) is 5.56 Å². The first kappa shape index (κ1) is 32.3. The van der Waals surface area contributed by atoms with Crippen molar-refractivity contribution in [2.24, 2.45) is 0 Å². The third-order valence-electron chi connectivity index (χ3n) is 5.83. The highest BCUT2D eigenvalue weighted by molar-refractivity contribution is 5.90. The van der Waals surface area contributed by atoms with Gasteiger partial charge in [-0.05, 0) is 120 Å². The molecule has 0 aliphatic carbocycles. The van der Waals surface area contributed by atoms with E-state index in [-0.39, 0.29) is 32.0 Å². The zero-order valence-corrected chi connectivity index (χ0v) is 23.9. The van der Waals surface area contributed by atoms with Gasteiger partial charge in [0.2, 0.25) is 0 Å². The summed E-state index contributed by atoms with van der Waals surface area (Å²) in [5.41, 5.74) is 6.92. The lowest BCUT2D eigenvalue weighted by Gasteiger charge is -2.19. The second-order valence-electron chi connectivity index (χ2n) is 10.2. The van der Waals surface area contributed by atoms with Gasteiger partial charge in [0.15, 0.2) is 0 Å². The van der Waals surface area contributed by atoms with Crippen molar-refractivity contribution in [3.63, 3.8) is 0 Å². The maximum Gasteiger partial charge on any atom is 0.338 e. The van der Waals surface area contributed by atoms with Crippen LogP contribution >= 0.6 is 0 Å². The molecule has 2 rings (SSSR count). The van der Waals surface area contributed by atoms with Crippen molar-refractivity contribution in [3.8, 4) is 0 Å². The Labute approximate surface area is 225 Å². The molecule has 8 nitrogen and oxygen atoms in total. The van der Waals surface area contributed by atoms with Gasteiger partial charge in [0.1, 0.15) is 18.8 Å². The van der Waals surface area contributed by atoms with Gasteiger partial charge in [-0.15, -0.1) is 0 Å². The topological polar surface area (TPSA) is 116 Å². The Hall–Kier alpha value is -3.68. The molecule has 0 radical (unpaired) electrons. The molecular formula is C30H40O8. The molecule has 8 heteroatoms. The lowest BCUT2D eigenvalue weighted by molar-refractivity contribution is -0.155. The molecule has 0 bridgehead atoms. The zero-order chi connectivity index (χ0) is 29.2. The van der Waals surface area contributed by atoms with Gasteiger partial charge in [-0.1, -0.05) is 0 Å². The van der Waals surface area contributed by atoms with Crippen LogP contribution in [0.3, 0.4) is 0 Å². The SMILES string of the molecule is Cc1cc(C(=O)OCCC(=O)O)cc(C)c1C.Cc1cc(C(=O)OCCC(=O)OC(C)(C)C)cc(C)c1C. The number of ether oxygens (including phenoxy) is 3. The van der Waals surface area contributed by atoms with Crippen molar-refractivity contribution < 1.29 is 38.5 Å². The highest BCUT2D eigenvalue weighted by atomic mass is 16.6. The van der Waals surface area contributed by atoms with Gasteiger partial charge in [-0.3, -0.25) is 9.59 Å². The van der Waals surface area contributed by atoms with Crippen LogP contribution in [0.4, 0.5) is 0 Å². The van der Waals surface area contributed by atoms with Gasteiger partial charge in [-0.2, -0.15) is 0 Å². The summed E-state index contributed by atoms with van der Waals surface area (Å²) in [4.78, 5) is 45.4. The highest BCUT2D eigenvalue weighted by Gasteiger charge is 2.17. The predicted molar refractivity (Wildman–Crippen MR) is 145 cm³/mol. The summed E-state index contributed by atoms with van der Waals surface area (Å²) in [7, 11) is 0. The maximum absolute atomic E-state index is 12.0. The van der Waals surface area contributed by atoms with Gasteiger partial charge < -0.3 is 19.3 Å². The summed E-state index contributed by atoms with van der Waals surface area (Å²) in [6.45, 7) is 17.1. The van der Waals surface area contributed by atoms with Crippen LogP contribution in [-0.2, 0) is 23.8 Å². The molecule has 0 heterocycles. The van der Waals surface area contributed by atoms with Crippen molar-refractivity contribution in [1.29, 1.82) is 0 Å². The molecule has 0 aliphatic rings. The zero-order valence-electron chi connectivity index (χ0n) is 23.9. The van der Waals surface area contributed by atoms with Crippen LogP contribution in [0.5, 0.6) is 0 Å². The molecule has 0 spiro atoms. The average molecular weight is 529 g/mol. The standard InChI is InChI=1S/C17H24O4.C13H16O4/c1-11-9-14(10-12(2)13(11)3)16(19)20-8-7-15(18)21-17(4,5)6;1-8-6-11(7-9(2)10(8)3)13(16)17-5-4-12(14)15/h9-10H,7-8H2,1-6H3;6-7H,4-5H2,1-3H3,(H,14,15). The minimum atomic E-state index is -0.978. The van der Waals surface area contributed by atoms with Crippen LogP contribution in [0, 0.1) is 41.5 Å². The third-order valence-corrected chi connectivity index (χ3v) is 5.83. The van der Waals surface area contributed by atoms with Crippen LogP contribution in [0.25, 0.3) is 0 Å². The molecule has 2 aromatic rings. The van der Waals surface area contributed by atoms with Gasteiger partial charge in [0, 0.05) is 0 Å². The number of benzene rings is 2. The fourth-order valence-electron chi connectivity index (χ4n) is 3.32. The summed E-state index contributed by atoms with van der Waals surface area (Å²) in [6, 6.07) is 7.12. The number of carbonyl (C=O) groups is 4. The molecular weight excluding hydrogens is 488 g/mol. The Kier molecular flexibility index (Phi) is 12.2. The van der Waals surface area contributed by atoms with Crippen LogP contribution in [0.2, 0.25) is 0 Å². The minimum absolute atomic E-state index is 0.0275. The number of esters is 3. The second-order valence-corrected chi connectivity index (χ2v) is 10.2. The molecule has 0 aromatic heterocycles. The number of hydrogen-bond donors (Lipinski definition) is 1. The number of rotatable bonds is 8. The number of aliphatic carboxylic acids is 1. The smallest absolute Gasteiger partial charge is 0.338 e. The molecule has 0 saturated carbocycles. The quantitative estimate of drug-likeness (QED) is 0.340. The minimum Gasteiger partial charge on any atom is -0.481 e. The second kappa shape index (κ2) is 14.3. The van der Waals surface area contributed by atoms with Crippen LogP contribution in [0.15, 0.2) is 24.3 Å².